The second-order valence-electron chi connectivity index (χ2n) is 6.22. The predicted octanol–water partition coefficient (Wildman–Crippen LogP) is 4.05. The molecule has 2 aromatic rings. The predicted molar refractivity (Wildman–Crippen MR) is 89.0 cm³/mol. The Morgan fingerprint density at radius 2 is 1.74 bits per heavy atom. The van der Waals surface area contributed by atoms with Crippen molar-refractivity contribution < 1.29 is 19.3 Å². The zero-order valence-electron chi connectivity index (χ0n) is 12.9. The first-order chi connectivity index (χ1) is 11.0. The van der Waals surface area contributed by atoms with Crippen LogP contribution in [0.25, 0.3) is 0 Å². The summed E-state index contributed by atoms with van der Waals surface area (Å²) in [7, 11) is 0. The Kier molecular flexibility index (Phi) is 3.32. The second-order valence-corrected chi connectivity index (χ2v) is 7.13. The standard InChI is InChI=1S/C18H17BrO4/c1-10-17(11-3-5-12(19)6-4-11)13-7-15-16(22-9-21-15)8-14(13)23-18(10,2)20/h3-8,10,17,20H,9H2,1-2H3. The quantitative estimate of drug-likeness (QED) is 0.815. The molecule has 2 heterocycles. The Bertz CT molecular complexity index is 754. The molecule has 3 unspecified atom stereocenters. The van der Waals surface area contributed by atoms with E-state index >= 15 is 0 Å². The lowest BCUT2D eigenvalue weighted by Crippen LogP contribution is -2.45. The van der Waals surface area contributed by atoms with E-state index in [9.17, 15) is 5.11 Å². The molecule has 5 heteroatoms. The lowest BCUT2D eigenvalue weighted by Gasteiger charge is -2.42. The summed E-state index contributed by atoms with van der Waals surface area (Å²) in [5.74, 6) is 0.670. The second kappa shape index (κ2) is 5.14. The van der Waals surface area contributed by atoms with E-state index in [1.807, 2.05) is 31.2 Å². The fourth-order valence-electron chi connectivity index (χ4n) is 3.30. The normalized spacial score (nSPS) is 28.2. The molecule has 4 rings (SSSR count). The first-order valence-corrected chi connectivity index (χ1v) is 8.35. The van der Waals surface area contributed by atoms with E-state index in [-0.39, 0.29) is 18.6 Å². The summed E-state index contributed by atoms with van der Waals surface area (Å²) in [6.45, 7) is 3.92. The van der Waals surface area contributed by atoms with Crippen molar-refractivity contribution in [2.45, 2.75) is 25.6 Å². The summed E-state index contributed by atoms with van der Waals surface area (Å²) in [6.07, 6.45) is 0. The van der Waals surface area contributed by atoms with Crippen molar-refractivity contribution in [1.82, 2.24) is 0 Å². The van der Waals surface area contributed by atoms with Crippen molar-refractivity contribution >= 4 is 15.9 Å². The van der Waals surface area contributed by atoms with Gasteiger partial charge in [0.15, 0.2) is 11.5 Å². The van der Waals surface area contributed by atoms with E-state index in [2.05, 4.69) is 28.1 Å². The van der Waals surface area contributed by atoms with Crippen LogP contribution < -0.4 is 14.2 Å². The smallest absolute Gasteiger partial charge is 0.231 e. The van der Waals surface area contributed by atoms with Crippen molar-refractivity contribution in [1.29, 1.82) is 0 Å². The number of hydrogen-bond donors (Lipinski definition) is 1. The lowest BCUT2D eigenvalue weighted by molar-refractivity contribution is -0.171. The van der Waals surface area contributed by atoms with Crippen LogP contribution in [-0.2, 0) is 0 Å². The molecule has 0 saturated carbocycles. The van der Waals surface area contributed by atoms with Crippen LogP contribution in [0, 0.1) is 5.92 Å². The van der Waals surface area contributed by atoms with Crippen LogP contribution in [0.3, 0.4) is 0 Å². The first-order valence-electron chi connectivity index (χ1n) is 7.56. The van der Waals surface area contributed by atoms with Crippen molar-refractivity contribution in [3.8, 4) is 17.2 Å². The SMILES string of the molecule is CC1C(c2ccc(Br)cc2)c2cc3c(cc2OC1(C)O)OCO3. The van der Waals surface area contributed by atoms with Gasteiger partial charge in [0.25, 0.3) is 0 Å². The molecule has 0 amide bonds. The highest BCUT2D eigenvalue weighted by molar-refractivity contribution is 9.10. The number of aliphatic hydroxyl groups is 1. The molecule has 2 aromatic carbocycles. The van der Waals surface area contributed by atoms with Gasteiger partial charge in [-0.25, -0.2) is 0 Å². The van der Waals surface area contributed by atoms with Crippen molar-refractivity contribution in [3.63, 3.8) is 0 Å². The lowest BCUT2D eigenvalue weighted by atomic mass is 9.75. The van der Waals surface area contributed by atoms with Crippen molar-refractivity contribution in [2.24, 2.45) is 5.92 Å². The fourth-order valence-corrected chi connectivity index (χ4v) is 3.57. The van der Waals surface area contributed by atoms with Crippen LogP contribution in [0.15, 0.2) is 40.9 Å². The van der Waals surface area contributed by atoms with Crippen LogP contribution in [0.1, 0.15) is 30.9 Å². The van der Waals surface area contributed by atoms with Crippen LogP contribution in [0.5, 0.6) is 17.2 Å². The Balaban J connectivity index is 1.89. The van der Waals surface area contributed by atoms with Crippen LogP contribution in [-0.4, -0.2) is 17.7 Å². The van der Waals surface area contributed by atoms with Gasteiger partial charge in [-0.05, 0) is 23.8 Å². The molecule has 2 aliphatic heterocycles. The van der Waals surface area contributed by atoms with E-state index in [4.69, 9.17) is 14.2 Å². The largest absolute Gasteiger partial charge is 0.462 e. The van der Waals surface area contributed by atoms with Gasteiger partial charge in [-0.3, -0.25) is 0 Å². The molecule has 0 radical (unpaired) electrons. The summed E-state index contributed by atoms with van der Waals surface area (Å²) in [4.78, 5) is 0. The number of fused-ring (bicyclic) bond motifs is 2. The van der Waals surface area contributed by atoms with Crippen molar-refractivity contribution in [2.75, 3.05) is 6.79 Å². The van der Waals surface area contributed by atoms with Crippen LogP contribution in [0.4, 0.5) is 0 Å². The third-order valence-electron chi connectivity index (χ3n) is 4.73. The minimum atomic E-state index is -1.25. The Labute approximate surface area is 143 Å². The average molecular weight is 377 g/mol. The van der Waals surface area contributed by atoms with Crippen LogP contribution in [0.2, 0.25) is 0 Å². The Morgan fingerprint density at radius 3 is 2.43 bits per heavy atom. The fraction of sp³-hybridized carbons (Fsp3) is 0.333. The topological polar surface area (TPSA) is 47.9 Å². The number of benzene rings is 2. The molecule has 120 valence electrons. The molecule has 3 atom stereocenters. The number of hydrogen-bond acceptors (Lipinski definition) is 4. The maximum absolute atomic E-state index is 10.7. The molecule has 0 aromatic heterocycles. The number of rotatable bonds is 1. The summed E-state index contributed by atoms with van der Waals surface area (Å²) >= 11 is 3.47. The highest BCUT2D eigenvalue weighted by Gasteiger charge is 2.44. The van der Waals surface area contributed by atoms with E-state index in [0.29, 0.717) is 11.5 Å². The molecule has 0 aliphatic carbocycles. The third kappa shape index (κ3) is 2.39. The van der Waals surface area contributed by atoms with E-state index in [1.54, 1.807) is 6.92 Å². The van der Waals surface area contributed by atoms with Crippen molar-refractivity contribution in [3.05, 3.63) is 52.0 Å². The van der Waals surface area contributed by atoms with E-state index < -0.39 is 5.79 Å². The molecular weight excluding hydrogens is 360 g/mol. The van der Waals surface area contributed by atoms with Gasteiger partial charge in [-0.15, -0.1) is 0 Å². The zero-order chi connectivity index (χ0) is 16.2. The van der Waals surface area contributed by atoms with E-state index in [0.717, 1.165) is 21.3 Å². The molecule has 0 bridgehead atoms. The average Bonchev–Trinajstić information content (AvgIpc) is 2.95. The number of halogens is 1. The molecule has 4 nitrogen and oxygen atoms in total. The van der Waals surface area contributed by atoms with Gasteiger partial charge in [0.05, 0.1) is 0 Å². The highest BCUT2D eigenvalue weighted by atomic mass is 79.9. The third-order valence-corrected chi connectivity index (χ3v) is 5.26. The monoisotopic (exact) mass is 376 g/mol. The zero-order valence-corrected chi connectivity index (χ0v) is 14.5. The van der Waals surface area contributed by atoms with E-state index in [1.165, 1.54) is 0 Å². The molecule has 0 spiro atoms. The van der Waals surface area contributed by atoms with Gasteiger partial charge in [-0.2, -0.15) is 0 Å². The minimum Gasteiger partial charge on any atom is -0.462 e. The summed E-state index contributed by atoms with van der Waals surface area (Å²) in [5.41, 5.74) is 2.14. The van der Waals surface area contributed by atoms with Gasteiger partial charge in [-0.1, -0.05) is 35.0 Å². The molecule has 2 aliphatic rings. The molecule has 23 heavy (non-hydrogen) atoms. The number of ether oxygens (including phenoxy) is 3. The maximum Gasteiger partial charge on any atom is 0.231 e. The molecule has 1 N–H and O–H groups in total. The van der Waals surface area contributed by atoms with Crippen LogP contribution >= 0.6 is 15.9 Å². The van der Waals surface area contributed by atoms with Gasteiger partial charge < -0.3 is 19.3 Å². The summed E-state index contributed by atoms with van der Waals surface area (Å²) in [5, 5.41) is 10.7. The molecule has 0 fully saturated rings. The Hall–Kier alpha value is -1.72. The highest BCUT2D eigenvalue weighted by Crippen LogP contribution is 2.51. The van der Waals surface area contributed by atoms with Gasteiger partial charge in [0.1, 0.15) is 5.75 Å². The maximum atomic E-state index is 10.7. The molecular formula is C18H17BrO4. The summed E-state index contributed by atoms with van der Waals surface area (Å²) in [6, 6.07) is 11.9. The van der Waals surface area contributed by atoms with Gasteiger partial charge >= 0.3 is 0 Å². The first kappa shape index (κ1) is 14.8. The van der Waals surface area contributed by atoms with Gasteiger partial charge in [0, 0.05) is 34.9 Å². The molecule has 0 saturated heterocycles. The van der Waals surface area contributed by atoms with Gasteiger partial charge in [0.2, 0.25) is 12.6 Å². The summed E-state index contributed by atoms with van der Waals surface area (Å²) < 4.78 is 17.8. The minimum absolute atomic E-state index is 0.0105. The Morgan fingerprint density at radius 1 is 1.09 bits per heavy atom.